The number of aromatic nitrogens is 4. The van der Waals surface area contributed by atoms with E-state index in [2.05, 4.69) is 253 Å². The summed E-state index contributed by atoms with van der Waals surface area (Å²) in [6.07, 6.45) is 7.35. The van der Waals surface area contributed by atoms with Crippen LogP contribution in [0.15, 0.2) is 280 Å². The Morgan fingerprint density at radius 1 is 0.230 bits per heavy atom. The van der Waals surface area contributed by atoms with Gasteiger partial charge in [0.2, 0.25) is 0 Å². The molecule has 346 valence electrons. The topological polar surface area (TPSA) is 51.6 Å². The summed E-state index contributed by atoms with van der Waals surface area (Å²) in [6, 6.07) is 93.1. The number of benzene rings is 8. The lowest BCUT2D eigenvalue weighted by atomic mass is 9.66. The van der Waals surface area contributed by atoms with Gasteiger partial charge in [-0.25, -0.2) is 9.97 Å². The minimum atomic E-state index is -0.635. The molecule has 4 nitrogen and oxygen atoms in total. The first-order valence-corrected chi connectivity index (χ1v) is 25.2. The third kappa shape index (κ3) is 6.76. The van der Waals surface area contributed by atoms with E-state index >= 15 is 0 Å². The van der Waals surface area contributed by atoms with Crippen LogP contribution in [0.1, 0.15) is 44.5 Å². The lowest BCUT2D eigenvalue weighted by Gasteiger charge is -2.35. The van der Waals surface area contributed by atoms with Crippen molar-refractivity contribution in [2.75, 3.05) is 0 Å². The van der Waals surface area contributed by atoms with E-state index in [-0.39, 0.29) is 0 Å². The molecule has 0 unspecified atom stereocenters. The van der Waals surface area contributed by atoms with Crippen LogP contribution in [-0.2, 0) is 10.8 Å². The van der Waals surface area contributed by atoms with Gasteiger partial charge in [0.05, 0.1) is 33.6 Å². The highest BCUT2D eigenvalue weighted by Crippen LogP contribution is 2.60. The van der Waals surface area contributed by atoms with Crippen LogP contribution in [0.2, 0.25) is 0 Å². The van der Waals surface area contributed by atoms with Gasteiger partial charge in [-0.1, -0.05) is 182 Å². The first kappa shape index (κ1) is 43.2. The highest BCUT2D eigenvalue weighted by molar-refractivity contribution is 5.93. The lowest BCUT2D eigenvalue weighted by Crippen LogP contribution is -2.29. The standard InChI is InChI=1S/C70H46N4/c1-5-19-53(20-6-1)69(54-21-7-2-8-22-54)61-41-47(31-35-57(61)59-37-33-49(43-63(59)69)65-27-13-29-67(73-65)51-17-15-39-71-45-51)48-32-36-58-60-38-34-50(66-28-14-30-68(74-66)52-18-16-40-72-46-52)44-64(60)70(62(58)42-48,55-23-9-3-10-24-55)56-25-11-4-12-26-56/h1-46H. The molecule has 4 aromatic heterocycles. The van der Waals surface area contributed by atoms with Crippen molar-refractivity contribution >= 4 is 0 Å². The van der Waals surface area contributed by atoms with Crippen molar-refractivity contribution in [1.29, 1.82) is 0 Å². The molecule has 4 heterocycles. The molecular formula is C70H46N4. The molecule has 0 N–H and O–H groups in total. The predicted octanol–water partition coefficient (Wildman–Crippen LogP) is 16.3. The van der Waals surface area contributed by atoms with Gasteiger partial charge in [-0.3, -0.25) is 9.97 Å². The molecule has 0 fully saturated rings. The number of nitrogens with zero attached hydrogens (tertiary/aromatic N) is 4. The Balaban J connectivity index is 0.965. The number of hydrogen-bond donors (Lipinski definition) is 0. The van der Waals surface area contributed by atoms with Crippen LogP contribution in [0.3, 0.4) is 0 Å². The van der Waals surface area contributed by atoms with E-state index in [9.17, 15) is 0 Å². The first-order chi connectivity index (χ1) is 36.7. The van der Waals surface area contributed by atoms with E-state index in [1.165, 1.54) is 66.8 Å². The fourth-order valence-corrected chi connectivity index (χ4v) is 12.2. The summed E-state index contributed by atoms with van der Waals surface area (Å²) in [5, 5.41) is 0. The molecule has 4 heteroatoms. The summed E-state index contributed by atoms with van der Waals surface area (Å²) in [7, 11) is 0. The fourth-order valence-electron chi connectivity index (χ4n) is 12.2. The zero-order valence-corrected chi connectivity index (χ0v) is 40.3. The number of pyridine rings is 4. The Bertz CT molecular complexity index is 3700. The first-order valence-electron chi connectivity index (χ1n) is 25.2. The average molecular weight is 943 g/mol. The Kier molecular flexibility index (Phi) is 10.3. The monoisotopic (exact) mass is 942 g/mol. The highest BCUT2D eigenvalue weighted by Gasteiger charge is 2.48. The average Bonchev–Trinajstić information content (AvgIpc) is 3.96. The summed E-state index contributed by atoms with van der Waals surface area (Å²) in [6.45, 7) is 0. The Hall–Kier alpha value is -9.64. The largest absolute Gasteiger partial charge is 0.264 e. The second kappa shape index (κ2) is 17.6. The van der Waals surface area contributed by atoms with E-state index in [4.69, 9.17) is 9.97 Å². The van der Waals surface area contributed by atoms with Crippen molar-refractivity contribution in [1.82, 2.24) is 19.9 Å². The van der Waals surface area contributed by atoms with Crippen molar-refractivity contribution in [3.05, 3.63) is 324 Å². The molecule has 0 spiro atoms. The van der Waals surface area contributed by atoms with Gasteiger partial charge in [0.15, 0.2) is 0 Å². The molecule has 0 aliphatic heterocycles. The maximum atomic E-state index is 5.22. The smallest absolute Gasteiger partial charge is 0.0725 e. The molecule has 12 aromatic rings. The molecular weight excluding hydrogens is 897 g/mol. The second-order valence-electron chi connectivity index (χ2n) is 19.3. The van der Waals surface area contributed by atoms with Crippen molar-refractivity contribution in [2.24, 2.45) is 0 Å². The van der Waals surface area contributed by atoms with Crippen molar-refractivity contribution in [3.63, 3.8) is 0 Å². The van der Waals surface area contributed by atoms with Gasteiger partial charge in [-0.15, -0.1) is 0 Å². The quantitative estimate of drug-likeness (QED) is 0.145. The van der Waals surface area contributed by atoms with E-state index in [1.54, 1.807) is 12.4 Å². The molecule has 0 saturated carbocycles. The number of fused-ring (bicyclic) bond motifs is 6. The predicted molar refractivity (Wildman–Crippen MR) is 299 cm³/mol. The second-order valence-corrected chi connectivity index (χ2v) is 19.3. The molecule has 0 amide bonds. The number of hydrogen-bond acceptors (Lipinski definition) is 4. The van der Waals surface area contributed by atoms with Gasteiger partial charge < -0.3 is 0 Å². The number of rotatable bonds is 9. The normalized spacial score (nSPS) is 13.4. The molecule has 0 saturated heterocycles. The molecule has 8 aromatic carbocycles. The molecule has 2 aliphatic carbocycles. The minimum Gasteiger partial charge on any atom is -0.264 e. The lowest BCUT2D eigenvalue weighted by molar-refractivity contribution is 0.767. The minimum absolute atomic E-state index is 0.635. The summed E-state index contributed by atoms with van der Waals surface area (Å²) in [5.74, 6) is 0. The van der Waals surface area contributed by atoms with E-state index in [0.29, 0.717) is 0 Å². The molecule has 2 aliphatic rings. The Morgan fingerprint density at radius 2 is 0.527 bits per heavy atom. The summed E-state index contributed by atoms with van der Waals surface area (Å²) in [4.78, 5) is 19.2. The molecule has 0 radical (unpaired) electrons. The van der Waals surface area contributed by atoms with Gasteiger partial charge >= 0.3 is 0 Å². The summed E-state index contributed by atoms with van der Waals surface area (Å²) < 4.78 is 0. The van der Waals surface area contributed by atoms with E-state index < -0.39 is 10.8 Å². The van der Waals surface area contributed by atoms with Gasteiger partial charge in [0, 0.05) is 47.0 Å². The van der Waals surface area contributed by atoms with Crippen molar-refractivity contribution in [2.45, 2.75) is 10.8 Å². The molecule has 14 rings (SSSR count). The van der Waals surface area contributed by atoms with Crippen molar-refractivity contribution < 1.29 is 0 Å². The van der Waals surface area contributed by atoms with Crippen LogP contribution in [-0.4, -0.2) is 19.9 Å². The van der Waals surface area contributed by atoms with Gasteiger partial charge in [-0.05, 0) is 151 Å². The van der Waals surface area contributed by atoms with Crippen LogP contribution in [0, 0.1) is 0 Å². The molecule has 0 bridgehead atoms. The van der Waals surface area contributed by atoms with Crippen LogP contribution in [0.5, 0.6) is 0 Å². The maximum Gasteiger partial charge on any atom is 0.0725 e. The molecule has 74 heavy (non-hydrogen) atoms. The van der Waals surface area contributed by atoms with Crippen LogP contribution < -0.4 is 0 Å². The van der Waals surface area contributed by atoms with E-state index in [0.717, 1.165) is 56.2 Å². The van der Waals surface area contributed by atoms with Crippen LogP contribution >= 0.6 is 0 Å². The van der Waals surface area contributed by atoms with Crippen LogP contribution in [0.25, 0.3) is 78.4 Å². The molecule has 0 atom stereocenters. The third-order valence-electron chi connectivity index (χ3n) is 15.4. The summed E-state index contributed by atoms with van der Waals surface area (Å²) in [5.41, 5.74) is 23.5. The highest BCUT2D eigenvalue weighted by atomic mass is 14.7. The van der Waals surface area contributed by atoms with Crippen molar-refractivity contribution in [3.8, 4) is 78.4 Å². The maximum absolute atomic E-state index is 5.22. The van der Waals surface area contributed by atoms with Gasteiger partial charge in [-0.2, -0.15) is 0 Å². The van der Waals surface area contributed by atoms with Gasteiger partial charge in [0.25, 0.3) is 0 Å². The SMILES string of the molecule is c1ccc(C2(c3ccccc3)c3cc(-c4ccc5c(c4)C(c4ccccc4)(c4ccccc4)c4cc(-c6cccc(-c7cccnc7)n6)ccc4-5)ccc3-c3ccc(-c4cccc(-c5cccnc5)n4)cc32)cc1. The summed E-state index contributed by atoms with van der Waals surface area (Å²) >= 11 is 0. The zero-order chi connectivity index (χ0) is 49.1. The zero-order valence-electron chi connectivity index (χ0n) is 40.3. The Labute approximate surface area is 431 Å². The van der Waals surface area contributed by atoms with Crippen LogP contribution in [0.4, 0.5) is 0 Å². The van der Waals surface area contributed by atoms with E-state index in [1.807, 2.05) is 24.5 Å². The third-order valence-corrected chi connectivity index (χ3v) is 15.4. The Morgan fingerprint density at radius 3 is 0.838 bits per heavy atom. The fraction of sp³-hybridized carbons (Fsp3) is 0.0286. The van der Waals surface area contributed by atoms with Gasteiger partial charge in [0.1, 0.15) is 0 Å².